The monoisotopic (exact) mass is 274 g/mol. The van der Waals surface area contributed by atoms with Crippen LogP contribution < -0.4 is 15.0 Å². The van der Waals surface area contributed by atoms with Gasteiger partial charge >= 0.3 is 0 Å². The Morgan fingerprint density at radius 1 is 1.15 bits per heavy atom. The third-order valence-electron chi connectivity index (χ3n) is 3.20. The summed E-state index contributed by atoms with van der Waals surface area (Å²) in [7, 11) is 5.28. The number of hydrogen-bond acceptors (Lipinski definition) is 3. The van der Waals surface area contributed by atoms with E-state index < -0.39 is 0 Å². The van der Waals surface area contributed by atoms with Crippen LogP contribution in [0.25, 0.3) is 0 Å². The number of nitrogens with one attached hydrogen (secondary N) is 1. The normalized spacial score (nSPS) is 10.4. The summed E-state index contributed by atoms with van der Waals surface area (Å²) in [5.74, 6) is 0.472. The Morgan fingerprint density at radius 2 is 1.90 bits per heavy atom. The van der Waals surface area contributed by atoms with Crippen molar-refractivity contribution < 1.29 is 9.13 Å². The number of methoxy groups -OCH3 is 1. The Kier molecular flexibility index (Phi) is 4.58. The molecule has 0 saturated carbocycles. The molecular weight excluding hydrogens is 255 g/mol. The molecule has 106 valence electrons. The molecule has 0 saturated heterocycles. The lowest BCUT2D eigenvalue weighted by molar-refractivity contribution is 0.415. The van der Waals surface area contributed by atoms with Gasteiger partial charge in [0, 0.05) is 13.6 Å². The summed E-state index contributed by atoms with van der Waals surface area (Å²) in [6.45, 7) is 0.648. The minimum Gasteiger partial charge on any atom is -0.495 e. The first-order chi connectivity index (χ1) is 9.67. The van der Waals surface area contributed by atoms with Crippen molar-refractivity contribution in [2.24, 2.45) is 0 Å². The van der Waals surface area contributed by atoms with Crippen molar-refractivity contribution in [3.05, 3.63) is 53.8 Å². The van der Waals surface area contributed by atoms with Gasteiger partial charge in [-0.3, -0.25) is 0 Å². The summed E-state index contributed by atoms with van der Waals surface area (Å²) in [5.41, 5.74) is 2.27. The Hall–Kier alpha value is -2.07. The summed E-state index contributed by atoms with van der Waals surface area (Å²) < 4.78 is 19.6. The molecule has 2 rings (SSSR count). The lowest BCUT2D eigenvalue weighted by Gasteiger charge is -2.22. The van der Waals surface area contributed by atoms with Crippen molar-refractivity contribution in [2.75, 3.05) is 26.1 Å². The van der Waals surface area contributed by atoms with Gasteiger partial charge in [-0.2, -0.15) is 0 Å². The maximum Gasteiger partial charge on any atom is 0.147 e. The molecule has 2 aromatic carbocycles. The predicted molar refractivity (Wildman–Crippen MR) is 80.2 cm³/mol. The molecule has 0 aromatic heterocycles. The van der Waals surface area contributed by atoms with Crippen molar-refractivity contribution in [3.63, 3.8) is 0 Å². The zero-order chi connectivity index (χ0) is 14.5. The third-order valence-corrected chi connectivity index (χ3v) is 3.20. The Balaban J connectivity index is 2.35. The van der Waals surface area contributed by atoms with E-state index in [0.29, 0.717) is 18.0 Å². The highest BCUT2D eigenvalue weighted by atomic mass is 19.1. The Bertz CT molecular complexity index is 586. The maximum absolute atomic E-state index is 14.2. The smallest absolute Gasteiger partial charge is 0.147 e. The van der Waals surface area contributed by atoms with Gasteiger partial charge in [0.2, 0.25) is 0 Å². The fraction of sp³-hybridized carbons (Fsp3) is 0.250. The fourth-order valence-corrected chi connectivity index (χ4v) is 2.17. The van der Waals surface area contributed by atoms with Crippen molar-refractivity contribution in [2.45, 2.75) is 6.54 Å². The first-order valence-electron chi connectivity index (χ1n) is 6.47. The highest BCUT2D eigenvalue weighted by Crippen LogP contribution is 2.33. The molecule has 0 unspecified atom stereocenters. The van der Waals surface area contributed by atoms with E-state index in [1.165, 1.54) is 0 Å². The van der Waals surface area contributed by atoms with Gasteiger partial charge in [-0.05, 0) is 36.9 Å². The SMILES string of the molecule is CNCc1ccc(N(C)c2ccccc2OC)c(F)c1. The average Bonchev–Trinajstić information content (AvgIpc) is 2.47. The highest BCUT2D eigenvalue weighted by Gasteiger charge is 2.13. The van der Waals surface area contributed by atoms with Crippen LogP contribution in [0.15, 0.2) is 42.5 Å². The number of anilines is 2. The number of nitrogens with zero attached hydrogens (tertiary/aromatic N) is 1. The fourth-order valence-electron chi connectivity index (χ4n) is 2.17. The van der Waals surface area contributed by atoms with Gasteiger partial charge in [-0.25, -0.2) is 4.39 Å². The lowest BCUT2D eigenvalue weighted by atomic mass is 10.1. The van der Waals surface area contributed by atoms with E-state index >= 15 is 0 Å². The predicted octanol–water partition coefficient (Wildman–Crippen LogP) is 3.32. The van der Waals surface area contributed by atoms with Crippen LogP contribution in [-0.2, 0) is 6.54 Å². The molecule has 0 aliphatic rings. The molecule has 0 aliphatic carbocycles. The van der Waals surface area contributed by atoms with Crippen molar-refractivity contribution in [1.29, 1.82) is 0 Å². The second kappa shape index (κ2) is 6.39. The van der Waals surface area contributed by atoms with E-state index in [4.69, 9.17) is 4.74 Å². The zero-order valence-electron chi connectivity index (χ0n) is 12.0. The summed E-state index contributed by atoms with van der Waals surface area (Å²) in [5, 5.41) is 3.01. The van der Waals surface area contributed by atoms with Crippen LogP contribution in [0, 0.1) is 5.82 Å². The van der Waals surface area contributed by atoms with Gasteiger partial charge in [0.05, 0.1) is 18.5 Å². The van der Waals surface area contributed by atoms with Crippen molar-refractivity contribution >= 4 is 11.4 Å². The molecule has 1 N–H and O–H groups in total. The molecule has 0 radical (unpaired) electrons. The van der Waals surface area contributed by atoms with E-state index in [9.17, 15) is 4.39 Å². The van der Waals surface area contributed by atoms with Crippen molar-refractivity contribution in [1.82, 2.24) is 5.32 Å². The molecule has 0 heterocycles. The van der Waals surface area contributed by atoms with E-state index in [1.54, 1.807) is 24.1 Å². The van der Waals surface area contributed by atoms with Gasteiger partial charge in [0.15, 0.2) is 0 Å². The molecule has 0 bridgehead atoms. The third kappa shape index (κ3) is 2.91. The van der Waals surface area contributed by atoms with Crippen LogP contribution in [-0.4, -0.2) is 21.2 Å². The number of benzene rings is 2. The van der Waals surface area contributed by atoms with E-state index in [1.807, 2.05) is 44.4 Å². The first-order valence-corrected chi connectivity index (χ1v) is 6.47. The minimum atomic E-state index is -0.244. The van der Waals surface area contributed by atoms with Crippen LogP contribution >= 0.6 is 0 Å². The first kappa shape index (κ1) is 14.3. The largest absolute Gasteiger partial charge is 0.495 e. The van der Waals surface area contributed by atoms with E-state index in [2.05, 4.69) is 5.32 Å². The summed E-state index contributed by atoms with van der Waals surface area (Å²) in [6, 6.07) is 12.8. The molecule has 0 aliphatic heterocycles. The number of halogens is 1. The topological polar surface area (TPSA) is 24.5 Å². The van der Waals surface area contributed by atoms with Gasteiger partial charge in [0.25, 0.3) is 0 Å². The van der Waals surface area contributed by atoms with E-state index in [-0.39, 0.29) is 5.82 Å². The number of ether oxygens (including phenoxy) is 1. The molecular formula is C16H19FN2O. The lowest BCUT2D eigenvalue weighted by Crippen LogP contribution is -2.13. The van der Waals surface area contributed by atoms with Crippen LogP contribution in [0.3, 0.4) is 0 Å². The molecule has 4 heteroatoms. The average molecular weight is 274 g/mol. The Morgan fingerprint density at radius 3 is 2.55 bits per heavy atom. The van der Waals surface area contributed by atoms with Crippen LogP contribution in [0.1, 0.15) is 5.56 Å². The standard InChI is InChI=1S/C16H19FN2O/c1-18-11-12-8-9-14(13(17)10-12)19(2)15-6-4-5-7-16(15)20-3/h4-10,18H,11H2,1-3H3. The number of para-hydroxylation sites is 2. The number of hydrogen-bond donors (Lipinski definition) is 1. The van der Waals surface area contributed by atoms with Gasteiger partial charge in [0.1, 0.15) is 11.6 Å². The summed E-state index contributed by atoms with van der Waals surface area (Å²) in [6.07, 6.45) is 0. The number of rotatable bonds is 5. The molecule has 0 atom stereocenters. The van der Waals surface area contributed by atoms with Gasteiger partial charge in [-0.1, -0.05) is 18.2 Å². The summed E-state index contributed by atoms with van der Waals surface area (Å²) in [4.78, 5) is 1.79. The molecule has 3 nitrogen and oxygen atoms in total. The molecule has 0 spiro atoms. The van der Waals surface area contributed by atoms with Gasteiger partial charge < -0.3 is 15.0 Å². The van der Waals surface area contributed by atoms with Crippen molar-refractivity contribution in [3.8, 4) is 5.75 Å². The molecule has 20 heavy (non-hydrogen) atoms. The Labute approximate surface area is 119 Å². The molecule has 0 fully saturated rings. The zero-order valence-corrected chi connectivity index (χ0v) is 12.0. The van der Waals surface area contributed by atoms with Crippen LogP contribution in [0.4, 0.5) is 15.8 Å². The van der Waals surface area contributed by atoms with Crippen LogP contribution in [0.2, 0.25) is 0 Å². The minimum absolute atomic E-state index is 0.244. The molecule has 2 aromatic rings. The van der Waals surface area contributed by atoms with E-state index in [0.717, 1.165) is 11.3 Å². The van der Waals surface area contributed by atoms with Crippen LogP contribution in [0.5, 0.6) is 5.75 Å². The molecule has 0 amide bonds. The second-order valence-corrected chi connectivity index (χ2v) is 4.55. The highest BCUT2D eigenvalue weighted by molar-refractivity contribution is 5.69. The summed E-state index contributed by atoms with van der Waals surface area (Å²) >= 11 is 0. The second-order valence-electron chi connectivity index (χ2n) is 4.55. The quantitative estimate of drug-likeness (QED) is 0.905. The van der Waals surface area contributed by atoms with Gasteiger partial charge in [-0.15, -0.1) is 0 Å². The maximum atomic E-state index is 14.2.